The second-order valence-electron chi connectivity index (χ2n) is 11.0. The minimum Gasteiger partial charge on any atom is -0.460 e. The van der Waals surface area contributed by atoms with Crippen LogP contribution in [0.25, 0.3) is 0 Å². The number of likely N-dealkylation sites (tertiary alicyclic amines) is 1. The van der Waals surface area contributed by atoms with E-state index in [-0.39, 0.29) is 27.2 Å². The molecule has 4 aromatic carbocycles. The van der Waals surface area contributed by atoms with Crippen LogP contribution >= 0.6 is 0 Å². The molecule has 0 unspecified atom stereocenters. The zero-order valence-corrected chi connectivity index (χ0v) is 26.3. The Morgan fingerprint density at radius 1 is 0.569 bits per heavy atom. The van der Waals surface area contributed by atoms with E-state index in [9.17, 15) is 42.4 Å². The Bertz CT molecular complexity index is 1900. The second-order valence-corrected chi connectivity index (χ2v) is 11.0. The summed E-state index contributed by atoms with van der Waals surface area (Å²) in [6, 6.07) is 26.0. The summed E-state index contributed by atoms with van der Waals surface area (Å²) in [6.07, 6.45) is -11.9. The summed E-state index contributed by atoms with van der Waals surface area (Å²) in [6.45, 7) is -1.08. The van der Waals surface area contributed by atoms with Crippen LogP contribution in [0.5, 0.6) is 0 Å². The van der Waals surface area contributed by atoms with Crippen LogP contribution in [0.15, 0.2) is 121 Å². The van der Waals surface area contributed by atoms with E-state index in [0.717, 1.165) is 0 Å². The monoisotopic (exact) mass is 700 g/mol. The molecule has 1 aliphatic rings. The fourth-order valence-corrected chi connectivity index (χ4v) is 5.37. The predicted octanol–water partition coefficient (Wildman–Crippen LogP) is 5.19. The standard InChI is InChI=1S/C37H27F3N2O9/c38-37(39,40)36(47)42-27(21-41)29(49-33(44)24-15-7-2-8-16-24)31(51-35(46)26-19-11-4-12-20-26)30(50-34(45)25-17-9-3-10-18-25)28(42)22-48-32(43)23-13-5-1-6-14-23/h1-20,27-31H,22H2/t27-,28-,29+,30-,31-/m1/s1. The molecule has 0 spiro atoms. The van der Waals surface area contributed by atoms with Crippen molar-refractivity contribution in [3.63, 3.8) is 0 Å². The van der Waals surface area contributed by atoms with Crippen molar-refractivity contribution < 1.29 is 56.1 Å². The molecule has 1 fully saturated rings. The minimum absolute atomic E-state index is 0.0154. The second kappa shape index (κ2) is 15.8. The van der Waals surface area contributed by atoms with Gasteiger partial charge in [0.25, 0.3) is 0 Å². The van der Waals surface area contributed by atoms with E-state index in [1.807, 2.05) is 0 Å². The molecule has 260 valence electrons. The van der Waals surface area contributed by atoms with E-state index in [0.29, 0.717) is 0 Å². The Hall–Kier alpha value is -6.49. The number of piperidine rings is 1. The summed E-state index contributed by atoms with van der Waals surface area (Å²) in [7, 11) is 0. The van der Waals surface area contributed by atoms with Gasteiger partial charge in [0.05, 0.1) is 28.3 Å². The number of carbonyl (C=O) groups excluding carboxylic acids is 5. The van der Waals surface area contributed by atoms with Gasteiger partial charge in [-0.15, -0.1) is 0 Å². The molecule has 11 nitrogen and oxygen atoms in total. The molecule has 1 heterocycles. The number of rotatable bonds is 9. The van der Waals surface area contributed by atoms with Crippen LogP contribution in [-0.4, -0.2) is 77.9 Å². The lowest BCUT2D eigenvalue weighted by Gasteiger charge is -2.49. The summed E-state index contributed by atoms with van der Waals surface area (Å²) in [5.41, 5.74) is -0.279. The van der Waals surface area contributed by atoms with Crippen molar-refractivity contribution in [2.75, 3.05) is 6.61 Å². The molecular formula is C37H27F3N2O9. The molecule has 51 heavy (non-hydrogen) atoms. The van der Waals surface area contributed by atoms with Gasteiger partial charge in [0.2, 0.25) is 0 Å². The third-order valence-corrected chi connectivity index (χ3v) is 7.76. The van der Waals surface area contributed by atoms with Crippen molar-refractivity contribution >= 4 is 29.8 Å². The minimum atomic E-state index is -5.63. The van der Waals surface area contributed by atoms with Gasteiger partial charge in [-0.25, -0.2) is 19.2 Å². The number of nitrogens with zero attached hydrogens (tertiary/aromatic N) is 2. The third kappa shape index (κ3) is 8.39. The lowest BCUT2D eigenvalue weighted by Crippen LogP contribution is -2.72. The number of hydrogen-bond acceptors (Lipinski definition) is 10. The first kappa shape index (κ1) is 35.8. The van der Waals surface area contributed by atoms with E-state index in [1.165, 1.54) is 97.1 Å². The number of esters is 4. The number of carbonyl (C=O) groups is 5. The summed E-state index contributed by atoms with van der Waals surface area (Å²) in [4.78, 5) is 66.6. The number of benzene rings is 4. The molecule has 0 radical (unpaired) electrons. The first-order chi connectivity index (χ1) is 24.5. The van der Waals surface area contributed by atoms with Crippen LogP contribution in [0.4, 0.5) is 13.2 Å². The number of hydrogen-bond donors (Lipinski definition) is 0. The molecule has 5 atom stereocenters. The van der Waals surface area contributed by atoms with Gasteiger partial charge in [-0.3, -0.25) is 4.79 Å². The van der Waals surface area contributed by atoms with Crippen molar-refractivity contribution in [3.8, 4) is 6.07 Å². The Balaban J connectivity index is 1.66. The summed E-state index contributed by atoms with van der Waals surface area (Å²) < 4.78 is 65.3. The molecule has 5 rings (SSSR count). The number of alkyl halides is 3. The van der Waals surface area contributed by atoms with Crippen molar-refractivity contribution in [1.29, 1.82) is 5.26 Å². The maximum absolute atomic E-state index is 14.3. The molecule has 14 heteroatoms. The summed E-state index contributed by atoms with van der Waals surface area (Å²) >= 11 is 0. The summed E-state index contributed by atoms with van der Waals surface area (Å²) in [5, 5.41) is 10.4. The topological polar surface area (TPSA) is 149 Å². The Kier molecular flexibility index (Phi) is 11.1. The van der Waals surface area contributed by atoms with Crippen molar-refractivity contribution in [1.82, 2.24) is 4.90 Å². The molecule has 4 aromatic rings. The molecule has 0 aliphatic carbocycles. The van der Waals surface area contributed by atoms with Gasteiger partial charge in [0.15, 0.2) is 24.4 Å². The number of nitriles is 1. The lowest BCUT2D eigenvalue weighted by molar-refractivity contribution is -0.211. The zero-order chi connectivity index (χ0) is 36.5. The van der Waals surface area contributed by atoms with E-state index >= 15 is 0 Å². The molecule has 1 amide bonds. The molecule has 1 aliphatic heterocycles. The Morgan fingerprint density at radius 2 is 0.922 bits per heavy atom. The SMILES string of the molecule is N#C[C@@H]1[C@H](OC(=O)c2ccccc2)[C@@H](OC(=O)c2ccccc2)[C@H](OC(=O)c2ccccc2)[C@@H](COC(=O)c2ccccc2)N1C(=O)C(F)(F)F. The van der Waals surface area contributed by atoms with Crippen LogP contribution in [0.2, 0.25) is 0 Å². The Labute approximate surface area is 288 Å². The zero-order valence-electron chi connectivity index (χ0n) is 26.3. The van der Waals surface area contributed by atoms with Gasteiger partial charge in [0.1, 0.15) is 12.6 Å². The molecule has 1 saturated heterocycles. The fourth-order valence-electron chi connectivity index (χ4n) is 5.37. The van der Waals surface area contributed by atoms with E-state index in [4.69, 9.17) is 18.9 Å². The average Bonchev–Trinajstić information content (AvgIpc) is 3.15. The average molecular weight is 701 g/mol. The number of halogens is 3. The van der Waals surface area contributed by atoms with Crippen molar-refractivity contribution in [2.24, 2.45) is 0 Å². The number of amides is 1. The van der Waals surface area contributed by atoms with Crippen LogP contribution < -0.4 is 0 Å². The highest BCUT2D eigenvalue weighted by Crippen LogP contribution is 2.36. The molecule has 0 N–H and O–H groups in total. The van der Waals surface area contributed by atoms with Crippen LogP contribution in [0.3, 0.4) is 0 Å². The molecular weight excluding hydrogens is 673 g/mol. The predicted molar refractivity (Wildman–Crippen MR) is 170 cm³/mol. The normalized spacial score (nSPS) is 19.9. The largest absolute Gasteiger partial charge is 0.471 e. The van der Waals surface area contributed by atoms with E-state index in [2.05, 4.69) is 0 Å². The highest BCUT2D eigenvalue weighted by Gasteiger charge is 2.61. The fraction of sp³-hybridized carbons (Fsp3) is 0.189. The number of ether oxygens (including phenoxy) is 4. The summed E-state index contributed by atoms with van der Waals surface area (Å²) in [5.74, 6) is -7.06. The van der Waals surface area contributed by atoms with Crippen molar-refractivity contribution in [3.05, 3.63) is 144 Å². The quantitative estimate of drug-likeness (QED) is 0.169. The van der Waals surface area contributed by atoms with Gasteiger partial charge in [-0.05, 0) is 48.5 Å². The first-order valence-electron chi connectivity index (χ1n) is 15.3. The molecule has 0 saturated carbocycles. The van der Waals surface area contributed by atoms with Gasteiger partial charge in [-0.1, -0.05) is 72.8 Å². The maximum atomic E-state index is 14.3. The van der Waals surface area contributed by atoms with Gasteiger partial charge >= 0.3 is 36.0 Å². The Morgan fingerprint density at radius 3 is 1.29 bits per heavy atom. The highest BCUT2D eigenvalue weighted by atomic mass is 19.4. The maximum Gasteiger partial charge on any atom is 0.471 e. The van der Waals surface area contributed by atoms with Crippen molar-refractivity contribution in [2.45, 2.75) is 36.6 Å². The van der Waals surface area contributed by atoms with Gasteiger partial charge in [-0.2, -0.15) is 18.4 Å². The lowest BCUT2D eigenvalue weighted by atomic mass is 9.87. The van der Waals surface area contributed by atoms with Gasteiger partial charge in [0, 0.05) is 0 Å². The molecule has 0 bridgehead atoms. The smallest absolute Gasteiger partial charge is 0.460 e. The molecule has 0 aromatic heterocycles. The third-order valence-electron chi connectivity index (χ3n) is 7.76. The van der Waals surface area contributed by atoms with Crippen LogP contribution in [0.1, 0.15) is 41.4 Å². The van der Waals surface area contributed by atoms with Crippen LogP contribution in [0, 0.1) is 11.3 Å². The van der Waals surface area contributed by atoms with E-state index in [1.54, 1.807) is 30.3 Å². The van der Waals surface area contributed by atoms with Crippen LogP contribution in [-0.2, 0) is 23.7 Å². The van der Waals surface area contributed by atoms with E-state index < -0.39 is 73.0 Å². The van der Waals surface area contributed by atoms with Gasteiger partial charge < -0.3 is 23.8 Å². The highest BCUT2D eigenvalue weighted by molar-refractivity contribution is 5.92. The first-order valence-corrected chi connectivity index (χ1v) is 15.3.